The first-order valence-electron chi connectivity index (χ1n) is 6.98. The van der Waals surface area contributed by atoms with Crippen molar-refractivity contribution in [3.63, 3.8) is 0 Å². The fraction of sp³-hybridized carbons (Fsp3) is 0.533. The van der Waals surface area contributed by atoms with E-state index in [-0.39, 0.29) is 0 Å². The van der Waals surface area contributed by atoms with E-state index in [4.69, 9.17) is 22.7 Å². The van der Waals surface area contributed by atoms with Crippen LogP contribution in [-0.2, 0) is 0 Å². The highest BCUT2D eigenvalue weighted by Gasteiger charge is 2.22. The van der Waals surface area contributed by atoms with Crippen LogP contribution in [-0.4, -0.2) is 35.6 Å². The average molecular weight is 278 g/mol. The molecule has 0 radical (unpaired) electrons. The van der Waals surface area contributed by atoms with E-state index in [1.807, 2.05) is 24.3 Å². The maximum absolute atomic E-state index is 5.84. The molecule has 19 heavy (non-hydrogen) atoms. The first-order chi connectivity index (χ1) is 9.22. The highest BCUT2D eigenvalue weighted by atomic mass is 32.1. The Labute approximate surface area is 120 Å². The van der Waals surface area contributed by atoms with E-state index >= 15 is 0 Å². The Morgan fingerprint density at radius 1 is 1.47 bits per heavy atom. The molecule has 2 N–H and O–H groups in total. The first-order valence-corrected chi connectivity index (χ1v) is 7.39. The van der Waals surface area contributed by atoms with Gasteiger partial charge in [-0.15, -0.1) is 0 Å². The largest absolute Gasteiger partial charge is 0.492 e. The zero-order valence-corrected chi connectivity index (χ0v) is 12.3. The minimum Gasteiger partial charge on any atom is -0.492 e. The third-order valence-corrected chi connectivity index (χ3v) is 3.98. The average Bonchev–Trinajstić information content (AvgIpc) is 2.86. The van der Waals surface area contributed by atoms with E-state index in [0.717, 1.165) is 23.9 Å². The summed E-state index contributed by atoms with van der Waals surface area (Å²) in [6.07, 6.45) is 3.85. The second-order valence-electron chi connectivity index (χ2n) is 4.95. The molecule has 3 nitrogen and oxygen atoms in total. The molecular formula is C15H22N2OS. The predicted molar refractivity (Wildman–Crippen MR) is 82.7 cm³/mol. The van der Waals surface area contributed by atoms with E-state index in [0.29, 0.717) is 11.6 Å². The summed E-state index contributed by atoms with van der Waals surface area (Å²) in [5.74, 6) is 0.794. The summed E-state index contributed by atoms with van der Waals surface area (Å²) in [7, 11) is 0. The second-order valence-corrected chi connectivity index (χ2v) is 5.39. The molecule has 0 bridgehead atoms. The number of likely N-dealkylation sites (tertiary alicyclic amines) is 1. The highest BCUT2D eigenvalue weighted by molar-refractivity contribution is 7.80. The van der Waals surface area contributed by atoms with Crippen molar-refractivity contribution >= 4 is 17.2 Å². The summed E-state index contributed by atoms with van der Waals surface area (Å²) in [6.45, 7) is 5.12. The number of hydrogen-bond donors (Lipinski definition) is 1. The standard InChI is InChI=1S/C15H22N2OS/c1-2-12-6-5-9-17(12)10-11-18-14-8-4-3-7-13(14)15(16)19/h3-4,7-8,12H,2,5-6,9-11H2,1H3,(H2,16,19). The molecule has 1 aliphatic rings. The molecule has 1 heterocycles. The van der Waals surface area contributed by atoms with Crippen LogP contribution < -0.4 is 10.5 Å². The van der Waals surface area contributed by atoms with Crippen molar-refractivity contribution in [2.45, 2.75) is 32.2 Å². The lowest BCUT2D eigenvalue weighted by Crippen LogP contribution is -2.32. The van der Waals surface area contributed by atoms with E-state index in [1.165, 1.54) is 25.8 Å². The molecule has 1 aromatic carbocycles. The van der Waals surface area contributed by atoms with Gasteiger partial charge in [-0.2, -0.15) is 0 Å². The van der Waals surface area contributed by atoms with Crippen molar-refractivity contribution in [2.75, 3.05) is 19.7 Å². The van der Waals surface area contributed by atoms with Gasteiger partial charge in [-0.25, -0.2) is 0 Å². The number of para-hydroxylation sites is 1. The number of ether oxygens (including phenoxy) is 1. The van der Waals surface area contributed by atoms with Crippen LogP contribution in [0.15, 0.2) is 24.3 Å². The first kappa shape index (κ1) is 14.3. The molecule has 0 aromatic heterocycles. The molecule has 2 rings (SSSR count). The van der Waals surface area contributed by atoms with Gasteiger partial charge >= 0.3 is 0 Å². The zero-order chi connectivity index (χ0) is 13.7. The second kappa shape index (κ2) is 6.87. The summed E-state index contributed by atoms with van der Waals surface area (Å²) in [5.41, 5.74) is 6.52. The monoisotopic (exact) mass is 278 g/mol. The Bertz CT molecular complexity index is 436. The lowest BCUT2D eigenvalue weighted by Gasteiger charge is -2.23. The van der Waals surface area contributed by atoms with Gasteiger partial charge in [-0.3, -0.25) is 4.90 Å². The summed E-state index contributed by atoms with van der Waals surface area (Å²) in [6, 6.07) is 8.43. The van der Waals surface area contributed by atoms with Gasteiger partial charge in [0.05, 0.1) is 5.56 Å². The van der Waals surface area contributed by atoms with Gasteiger partial charge in [-0.05, 0) is 37.9 Å². The van der Waals surface area contributed by atoms with Gasteiger partial charge in [0.1, 0.15) is 17.3 Å². The molecule has 4 heteroatoms. The number of nitrogens with two attached hydrogens (primary N) is 1. The molecule has 0 saturated carbocycles. The third kappa shape index (κ3) is 3.67. The maximum atomic E-state index is 5.84. The van der Waals surface area contributed by atoms with Crippen molar-refractivity contribution in [1.82, 2.24) is 4.90 Å². The predicted octanol–water partition coefficient (Wildman–Crippen LogP) is 2.57. The van der Waals surface area contributed by atoms with Gasteiger partial charge in [0.25, 0.3) is 0 Å². The van der Waals surface area contributed by atoms with Crippen LogP contribution in [0.5, 0.6) is 5.75 Å². The SMILES string of the molecule is CCC1CCCN1CCOc1ccccc1C(N)=S. The minimum absolute atomic E-state index is 0.392. The molecule has 0 spiro atoms. The fourth-order valence-corrected chi connectivity index (χ4v) is 2.89. The Balaban J connectivity index is 1.87. The molecule has 0 aliphatic carbocycles. The van der Waals surface area contributed by atoms with Gasteiger partial charge in [-0.1, -0.05) is 31.3 Å². The number of benzene rings is 1. The Hall–Kier alpha value is -1.13. The van der Waals surface area contributed by atoms with Gasteiger partial charge in [0, 0.05) is 12.6 Å². The number of rotatable bonds is 6. The lowest BCUT2D eigenvalue weighted by molar-refractivity contribution is 0.193. The number of nitrogens with zero attached hydrogens (tertiary/aromatic N) is 1. The van der Waals surface area contributed by atoms with E-state index < -0.39 is 0 Å². The zero-order valence-electron chi connectivity index (χ0n) is 11.5. The molecule has 1 atom stereocenters. The van der Waals surface area contributed by atoms with Crippen LogP contribution in [0.1, 0.15) is 31.7 Å². The summed E-state index contributed by atoms with van der Waals surface area (Å²) < 4.78 is 5.84. The molecule has 1 aromatic rings. The van der Waals surface area contributed by atoms with Crippen LogP contribution >= 0.6 is 12.2 Å². The molecule has 1 unspecified atom stereocenters. The summed E-state index contributed by atoms with van der Waals surface area (Å²) in [4.78, 5) is 2.91. The van der Waals surface area contributed by atoms with Crippen LogP contribution in [0.4, 0.5) is 0 Å². The quantitative estimate of drug-likeness (QED) is 0.812. The Kier molecular flexibility index (Phi) is 5.16. The van der Waals surface area contributed by atoms with Crippen molar-refractivity contribution in [3.8, 4) is 5.75 Å². The summed E-state index contributed by atoms with van der Waals surface area (Å²) >= 11 is 5.03. The van der Waals surface area contributed by atoms with Crippen molar-refractivity contribution in [1.29, 1.82) is 0 Å². The van der Waals surface area contributed by atoms with Crippen LogP contribution in [0.2, 0.25) is 0 Å². The fourth-order valence-electron chi connectivity index (χ4n) is 2.72. The van der Waals surface area contributed by atoms with Crippen molar-refractivity contribution in [2.24, 2.45) is 5.73 Å². The van der Waals surface area contributed by atoms with Crippen molar-refractivity contribution < 1.29 is 4.74 Å². The molecule has 1 aliphatic heterocycles. The van der Waals surface area contributed by atoms with Crippen LogP contribution in [0.25, 0.3) is 0 Å². The van der Waals surface area contributed by atoms with Crippen molar-refractivity contribution in [3.05, 3.63) is 29.8 Å². The van der Waals surface area contributed by atoms with E-state index in [2.05, 4.69) is 11.8 Å². The van der Waals surface area contributed by atoms with Crippen LogP contribution in [0.3, 0.4) is 0 Å². The van der Waals surface area contributed by atoms with E-state index in [9.17, 15) is 0 Å². The molecule has 104 valence electrons. The molecule has 1 saturated heterocycles. The topological polar surface area (TPSA) is 38.5 Å². The van der Waals surface area contributed by atoms with Crippen LogP contribution in [0, 0.1) is 0 Å². The smallest absolute Gasteiger partial charge is 0.129 e. The van der Waals surface area contributed by atoms with Gasteiger partial charge in [0.2, 0.25) is 0 Å². The highest BCUT2D eigenvalue weighted by Crippen LogP contribution is 2.20. The number of hydrogen-bond acceptors (Lipinski definition) is 3. The summed E-state index contributed by atoms with van der Waals surface area (Å²) in [5, 5.41) is 0. The minimum atomic E-state index is 0.392. The lowest BCUT2D eigenvalue weighted by atomic mass is 10.2. The van der Waals surface area contributed by atoms with E-state index in [1.54, 1.807) is 0 Å². The maximum Gasteiger partial charge on any atom is 0.129 e. The third-order valence-electron chi connectivity index (χ3n) is 3.76. The van der Waals surface area contributed by atoms with Gasteiger partial charge in [0.15, 0.2) is 0 Å². The molecule has 1 fully saturated rings. The molecular weight excluding hydrogens is 256 g/mol. The number of thiocarbonyl (C=S) groups is 1. The Morgan fingerprint density at radius 2 is 2.26 bits per heavy atom. The molecule has 0 amide bonds. The van der Waals surface area contributed by atoms with Gasteiger partial charge < -0.3 is 10.5 Å². The normalized spacial score (nSPS) is 19.5. The Morgan fingerprint density at radius 3 is 3.00 bits per heavy atom.